The molecule has 1 N–H and O–H groups in total. The highest BCUT2D eigenvalue weighted by atomic mass is 35.5. The second-order valence-corrected chi connectivity index (χ2v) is 6.61. The smallest absolute Gasteiger partial charge is 0.416 e. The summed E-state index contributed by atoms with van der Waals surface area (Å²) in [6.07, 6.45) is -2.44. The fourth-order valence-corrected chi connectivity index (χ4v) is 2.92. The average molecular weight is 453 g/mol. The molecule has 10 heteroatoms. The number of benzene rings is 2. The van der Waals surface area contributed by atoms with Crippen LogP contribution < -0.4 is 5.32 Å². The van der Waals surface area contributed by atoms with Gasteiger partial charge in [0.2, 0.25) is 0 Å². The minimum atomic E-state index is -4.49. The molecule has 0 aliphatic heterocycles. The topological polar surface area (TPSA) is 55.4 Å². The van der Waals surface area contributed by atoms with Crippen LogP contribution in [0.2, 0.25) is 15.1 Å². The number of carbonyl (C=O) groups is 2. The van der Waals surface area contributed by atoms with E-state index in [1.165, 1.54) is 24.3 Å². The molecule has 2 aromatic carbocycles. The van der Waals surface area contributed by atoms with Crippen molar-refractivity contribution in [3.05, 3.63) is 68.7 Å². The maximum absolute atomic E-state index is 12.6. The van der Waals surface area contributed by atoms with Gasteiger partial charge < -0.3 is 10.1 Å². The van der Waals surface area contributed by atoms with Crippen LogP contribution in [0.5, 0.6) is 0 Å². The Balaban J connectivity index is 1.92. The van der Waals surface area contributed by atoms with Crippen LogP contribution in [0, 0.1) is 0 Å². The van der Waals surface area contributed by atoms with Gasteiger partial charge in [0.05, 0.1) is 21.3 Å². The van der Waals surface area contributed by atoms with Crippen LogP contribution >= 0.6 is 34.8 Å². The van der Waals surface area contributed by atoms with Crippen LogP contribution in [0.1, 0.15) is 11.1 Å². The maximum atomic E-state index is 12.6. The summed E-state index contributed by atoms with van der Waals surface area (Å²) in [5.41, 5.74) is -0.594. The standard InChI is InChI=1S/C18H11Cl3F3NO3/c19-12-7-13(20)17(14(21)8-12)25-15(26)9-28-16(27)5-4-10-2-1-3-11(6-10)18(22,23)24/h1-8H,9H2,(H,25,26)/b5-4+. The van der Waals surface area contributed by atoms with Gasteiger partial charge in [0.1, 0.15) is 0 Å². The Morgan fingerprint density at radius 1 is 1.07 bits per heavy atom. The van der Waals surface area contributed by atoms with Crippen molar-refractivity contribution < 1.29 is 27.5 Å². The molecule has 1 amide bonds. The molecule has 0 unspecified atom stereocenters. The summed E-state index contributed by atoms with van der Waals surface area (Å²) >= 11 is 17.6. The normalized spacial score (nSPS) is 11.5. The number of alkyl halides is 3. The first kappa shape index (κ1) is 22.1. The van der Waals surface area contributed by atoms with E-state index in [4.69, 9.17) is 39.5 Å². The van der Waals surface area contributed by atoms with Gasteiger partial charge in [-0.15, -0.1) is 0 Å². The number of nitrogens with one attached hydrogen (secondary N) is 1. The summed E-state index contributed by atoms with van der Waals surface area (Å²) in [6, 6.07) is 7.12. The Labute approximate surface area is 172 Å². The van der Waals surface area contributed by atoms with E-state index in [0.717, 1.165) is 24.3 Å². The summed E-state index contributed by atoms with van der Waals surface area (Å²) in [6.45, 7) is -0.652. The Morgan fingerprint density at radius 2 is 1.71 bits per heavy atom. The highest BCUT2D eigenvalue weighted by Gasteiger charge is 2.30. The molecule has 0 saturated heterocycles. The van der Waals surface area contributed by atoms with Crippen molar-refractivity contribution in [2.24, 2.45) is 0 Å². The lowest BCUT2D eigenvalue weighted by atomic mass is 10.1. The molecule has 0 aliphatic rings. The third-order valence-corrected chi connectivity index (χ3v) is 4.06. The second kappa shape index (κ2) is 9.32. The fraction of sp³-hybridized carbons (Fsp3) is 0.111. The minimum Gasteiger partial charge on any atom is -0.452 e. The first-order chi connectivity index (χ1) is 13.1. The van der Waals surface area contributed by atoms with Crippen molar-refractivity contribution in [2.75, 3.05) is 11.9 Å². The Hall–Kier alpha value is -2.22. The fourth-order valence-electron chi connectivity index (χ4n) is 2.00. The van der Waals surface area contributed by atoms with E-state index in [9.17, 15) is 22.8 Å². The number of hydrogen-bond acceptors (Lipinski definition) is 3. The van der Waals surface area contributed by atoms with E-state index < -0.39 is 30.2 Å². The van der Waals surface area contributed by atoms with E-state index in [1.54, 1.807) is 0 Å². The van der Waals surface area contributed by atoms with Gasteiger partial charge in [0, 0.05) is 11.1 Å². The first-order valence-corrected chi connectivity index (χ1v) is 8.66. The van der Waals surface area contributed by atoms with E-state index in [1.807, 2.05) is 0 Å². The van der Waals surface area contributed by atoms with Gasteiger partial charge in [-0.25, -0.2) is 4.79 Å². The molecular formula is C18H11Cl3F3NO3. The van der Waals surface area contributed by atoms with Crippen LogP contribution in [0.15, 0.2) is 42.5 Å². The van der Waals surface area contributed by atoms with E-state index >= 15 is 0 Å². The van der Waals surface area contributed by atoms with Crippen LogP contribution in [0.4, 0.5) is 18.9 Å². The number of amides is 1. The first-order valence-electron chi connectivity index (χ1n) is 7.53. The molecule has 28 heavy (non-hydrogen) atoms. The molecule has 2 rings (SSSR count). The van der Waals surface area contributed by atoms with Crippen LogP contribution in [0.25, 0.3) is 6.08 Å². The Bertz CT molecular complexity index is 907. The predicted molar refractivity (Wildman–Crippen MR) is 102 cm³/mol. The highest BCUT2D eigenvalue weighted by Crippen LogP contribution is 2.33. The molecule has 0 bridgehead atoms. The van der Waals surface area contributed by atoms with Gasteiger partial charge in [-0.1, -0.05) is 46.9 Å². The number of halogens is 6. The number of ether oxygens (including phenoxy) is 1. The summed E-state index contributed by atoms with van der Waals surface area (Å²) in [5.74, 6) is -1.63. The zero-order chi connectivity index (χ0) is 20.9. The lowest BCUT2D eigenvalue weighted by molar-refractivity contribution is -0.142. The van der Waals surface area contributed by atoms with E-state index in [2.05, 4.69) is 5.32 Å². The molecule has 0 atom stereocenters. The second-order valence-electron chi connectivity index (χ2n) is 5.36. The molecule has 148 valence electrons. The molecule has 0 radical (unpaired) electrons. The van der Waals surface area contributed by atoms with Crippen molar-refractivity contribution in [1.29, 1.82) is 0 Å². The van der Waals surface area contributed by atoms with E-state index in [-0.39, 0.29) is 26.3 Å². The average Bonchev–Trinajstić information content (AvgIpc) is 2.60. The third-order valence-electron chi connectivity index (χ3n) is 3.24. The summed E-state index contributed by atoms with van der Waals surface area (Å²) in [7, 11) is 0. The largest absolute Gasteiger partial charge is 0.452 e. The molecule has 0 aliphatic carbocycles. The number of anilines is 1. The molecule has 0 fully saturated rings. The summed E-state index contributed by atoms with van der Waals surface area (Å²) in [5, 5.41) is 2.85. The lowest BCUT2D eigenvalue weighted by Crippen LogP contribution is -2.20. The predicted octanol–water partition coefficient (Wildman–Crippen LogP) is 5.86. The monoisotopic (exact) mass is 451 g/mol. The zero-order valence-electron chi connectivity index (χ0n) is 13.8. The van der Waals surface area contributed by atoms with Crippen molar-refractivity contribution in [2.45, 2.75) is 6.18 Å². The van der Waals surface area contributed by atoms with Gasteiger partial charge >= 0.3 is 12.1 Å². The van der Waals surface area contributed by atoms with Gasteiger partial charge in [-0.2, -0.15) is 13.2 Å². The Morgan fingerprint density at radius 3 is 2.32 bits per heavy atom. The van der Waals surface area contributed by atoms with Crippen molar-refractivity contribution >= 4 is 58.4 Å². The van der Waals surface area contributed by atoms with Crippen LogP contribution in [-0.2, 0) is 20.5 Å². The highest BCUT2D eigenvalue weighted by molar-refractivity contribution is 6.42. The number of hydrogen-bond donors (Lipinski definition) is 1. The summed E-state index contributed by atoms with van der Waals surface area (Å²) in [4.78, 5) is 23.5. The molecular weight excluding hydrogens is 442 g/mol. The molecule has 4 nitrogen and oxygen atoms in total. The number of carbonyl (C=O) groups excluding carboxylic acids is 2. The van der Waals surface area contributed by atoms with Crippen molar-refractivity contribution in [1.82, 2.24) is 0 Å². The van der Waals surface area contributed by atoms with Crippen molar-refractivity contribution in [3.63, 3.8) is 0 Å². The van der Waals surface area contributed by atoms with E-state index in [0.29, 0.717) is 0 Å². The molecule has 0 spiro atoms. The third kappa shape index (κ3) is 6.44. The maximum Gasteiger partial charge on any atom is 0.416 e. The molecule has 0 aromatic heterocycles. The summed E-state index contributed by atoms with van der Waals surface area (Å²) < 4.78 is 42.7. The zero-order valence-corrected chi connectivity index (χ0v) is 16.1. The SMILES string of the molecule is O=C(COC(=O)/C=C/c1cccc(C(F)(F)F)c1)Nc1c(Cl)cc(Cl)cc1Cl. The van der Waals surface area contributed by atoms with Gasteiger partial charge in [0.25, 0.3) is 5.91 Å². The number of esters is 1. The van der Waals surface area contributed by atoms with Crippen molar-refractivity contribution in [3.8, 4) is 0 Å². The lowest BCUT2D eigenvalue weighted by Gasteiger charge is -2.09. The minimum absolute atomic E-state index is 0.0987. The quantitative estimate of drug-likeness (QED) is 0.457. The van der Waals surface area contributed by atoms with Gasteiger partial charge in [-0.05, 0) is 35.9 Å². The molecule has 2 aromatic rings. The van der Waals surface area contributed by atoms with Crippen LogP contribution in [0.3, 0.4) is 0 Å². The van der Waals surface area contributed by atoms with Crippen LogP contribution in [-0.4, -0.2) is 18.5 Å². The molecule has 0 saturated carbocycles. The van der Waals surface area contributed by atoms with Gasteiger partial charge in [-0.3, -0.25) is 4.79 Å². The molecule has 0 heterocycles. The van der Waals surface area contributed by atoms with Gasteiger partial charge in [0.15, 0.2) is 6.61 Å². The number of rotatable bonds is 5. The Kier molecular flexibility index (Phi) is 7.35.